The lowest BCUT2D eigenvalue weighted by Gasteiger charge is -2.31. The van der Waals surface area contributed by atoms with Crippen LogP contribution >= 0.6 is 0 Å². The Balaban J connectivity index is 2.25. The first kappa shape index (κ1) is 23.3. The minimum Gasteiger partial charge on any atom is -0.497 e. The van der Waals surface area contributed by atoms with Gasteiger partial charge in [0.25, 0.3) is 0 Å². The number of carbonyl (C=O) groups excluding carboxylic acids is 2. The molecule has 0 fully saturated rings. The SMILES string of the molecule is COc1ccc(CC(=O)N(Cc2cccc(OC)c2)[C@@H](C)C(=O)NC(C)(C)C)cc1. The maximum atomic E-state index is 13.2. The Labute approximate surface area is 179 Å². The van der Waals surface area contributed by atoms with E-state index in [2.05, 4.69) is 5.32 Å². The molecule has 0 unspecified atom stereocenters. The Morgan fingerprint density at radius 1 is 0.967 bits per heavy atom. The molecule has 1 atom stereocenters. The summed E-state index contributed by atoms with van der Waals surface area (Å²) in [5.74, 6) is 1.13. The molecule has 0 aromatic heterocycles. The molecule has 0 spiro atoms. The first-order chi connectivity index (χ1) is 14.1. The van der Waals surface area contributed by atoms with Crippen LogP contribution in [0.4, 0.5) is 0 Å². The molecule has 0 bridgehead atoms. The summed E-state index contributed by atoms with van der Waals surface area (Å²) in [5, 5.41) is 2.97. The average Bonchev–Trinajstić information content (AvgIpc) is 2.71. The second-order valence-electron chi connectivity index (χ2n) is 8.31. The average molecular weight is 413 g/mol. The van der Waals surface area contributed by atoms with Crippen molar-refractivity contribution in [3.05, 3.63) is 59.7 Å². The van der Waals surface area contributed by atoms with Crippen LogP contribution in [0.2, 0.25) is 0 Å². The quantitative estimate of drug-likeness (QED) is 0.720. The van der Waals surface area contributed by atoms with Crippen LogP contribution in [0.1, 0.15) is 38.8 Å². The van der Waals surface area contributed by atoms with Crippen molar-refractivity contribution in [2.75, 3.05) is 14.2 Å². The molecule has 0 radical (unpaired) electrons. The third-order valence-corrected chi connectivity index (χ3v) is 4.67. The maximum Gasteiger partial charge on any atom is 0.242 e. The molecular formula is C24H32N2O4. The lowest BCUT2D eigenvalue weighted by atomic mass is 10.1. The topological polar surface area (TPSA) is 67.9 Å². The molecule has 2 rings (SSSR count). The number of methoxy groups -OCH3 is 2. The van der Waals surface area contributed by atoms with Crippen LogP contribution in [0.3, 0.4) is 0 Å². The van der Waals surface area contributed by atoms with Crippen LogP contribution < -0.4 is 14.8 Å². The van der Waals surface area contributed by atoms with E-state index in [1.54, 1.807) is 26.0 Å². The van der Waals surface area contributed by atoms with E-state index in [-0.39, 0.29) is 23.8 Å². The van der Waals surface area contributed by atoms with E-state index in [0.29, 0.717) is 12.3 Å². The zero-order valence-electron chi connectivity index (χ0n) is 18.7. The zero-order valence-corrected chi connectivity index (χ0v) is 18.7. The largest absolute Gasteiger partial charge is 0.497 e. The molecule has 2 amide bonds. The van der Waals surface area contributed by atoms with Gasteiger partial charge in [0.1, 0.15) is 17.5 Å². The lowest BCUT2D eigenvalue weighted by Crippen LogP contribution is -2.52. The van der Waals surface area contributed by atoms with Gasteiger partial charge in [0.05, 0.1) is 20.6 Å². The van der Waals surface area contributed by atoms with Gasteiger partial charge in [-0.05, 0) is 63.1 Å². The molecule has 0 aliphatic heterocycles. The Hall–Kier alpha value is -3.02. The Bertz CT molecular complexity index is 856. The first-order valence-electron chi connectivity index (χ1n) is 10.0. The van der Waals surface area contributed by atoms with Crippen LogP contribution in [-0.4, -0.2) is 42.5 Å². The minimum absolute atomic E-state index is 0.125. The molecule has 162 valence electrons. The molecule has 2 aromatic carbocycles. The monoisotopic (exact) mass is 412 g/mol. The van der Waals surface area contributed by atoms with E-state index in [0.717, 1.165) is 16.9 Å². The van der Waals surface area contributed by atoms with Gasteiger partial charge in [0.2, 0.25) is 11.8 Å². The highest BCUT2D eigenvalue weighted by atomic mass is 16.5. The highest BCUT2D eigenvalue weighted by Gasteiger charge is 2.28. The third kappa shape index (κ3) is 6.79. The number of nitrogens with zero attached hydrogens (tertiary/aromatic N) is 1. The van der Waals surface area contributed by atoms with Crippen molar-refractivity contribution in [2.45, 2.75) is 52.2 Å². The van der Waals surface area contributed by atoms with Gasteiger partial charge in [-0.15, -0.1) is 0 Å². The molecule has 0 saturated carbocycles. The van der Waals surface area contributed by atoms with Crippen LogP contribution in [0.15, 0.2) is 48.5 Å². The van der Waals surface area contributed by atoms with Crippen molar-refractivity contribution >= 4 is 11.8 Å². The van der Waals surface area contributed by atoms with Crippen molar-refractivity contribution < 1.29 is 19.1 Å². The summed E-state index contributed by atoms with van der Waals surface area (Å²) < 4.78 is 10.5. The molecule has 0 saturated heterocycles. The summed E-state index contributed by atoms with van der Waals surface area (Å²) >= 11 is 0. The van der Waals surface area contributed by atoms with E-state index >= 15 is 0 Å². The predicted molar refractivity (Wildman–Crippen MR) is 118 cm³/mol. The van der Waals surface area contributed by atoms with Crippen LogP contribution in [0.5, 0.6) is 11.5 Å². The Morgan fingerprint density at radius 3 is 2.17 bits per heavy atom. The minimum atomic E-state index is -0.624. The number of amides is 2. The number of carbonyl (C=O) groups is 2. The number of hydrogen-bond acceptors (Lipinski definition) is 4. The van der Waals surface area contributed by atoms with E-state index in [9.17, 15) is 9.59 Å². The zero-order chi connectivity index (χ0) is 22.3. The molecule has 30 heavy (non-hydrogen) atoms. The molecule has 6 nitrogen and oxygen atoms in total. The van der Waals surface area contributed by atoms with Gasteiger partial charge < -0.3 is 19.7 Å². The number of benzene rings is 2. The third-order valence-electron chi connectivity index (χ3n) is 4.67. The predicted octanol–water partition coefficient (Wildman–Crippen LogP) is 3.58. The second-order valence-corrected chi connectivity index (χ2v) is 8.31. The molecular weight excluding hydrogens is 380 g/mol. The fourth-order valence-corrected chi connectivity index (χ4v) is 3.04. The molecule has 6 heteroatoms. The van der Waals surface area contributed by atoms with Crippen molar-refractivity contribution in [3.63, 3.8) is 0 Å². The van der Waals surface area contributed by atoms with Crippen molar-refractivity contribution in [2.24, 2.45) is 0 Å². The van der Waals surface area contributed by atoms with Crippen molar-refractivity contribution in [1.29, 1.82) is 0 Å². The van der Waals surface area contributed by atoms with E-state index in [1.807, 2.05) is 69.3 Å². The van der Waals surface area contributed by atoms with Gasteiger partial charge in [-0.3, -0.25) is 9.59 Å². The standard InChI is InChI=1S/C24H32N2O4/c1-17(23(28)25-24(2,3)4)26(16-19-8-7-9-21(14-19)30-6)22(27)15-18-10-12-20(29-5)13-11-18/h7-14,17H,15-16H2,1-6H3,(H,25,28)/t17-/m0/s1. The fraction of sp³-hybridized carbons (Fsp3) is 0.417. The van der Waals surface area contributed by atoms with E-state index in [1.165, 1.54) is 0 Å². The fourth-order valence-electron chi connectivity index (χ4n) is 3.04. The van der Waals surface area contributed by atoms with Gasteiger partial charge in [0, 0.05) is 12.1 Å². The summed E-state index contributed by atoms with van der Waals surface area (Å²) in [4.78, 5) is 27.6. The van der Waals surface area contributed by atoms with Gasteiger partial charge in [-0.1, -0.05) is 24.3 Å². The Kier molecular flexibility index (Phi) is 7.86. The van der Waals surface area contributed by atoms with E-state index in [4.69, 9.17) is 9.47 Å². The second kappa shape index (κ2) is 10.1. The van der Waals surface area contributed by atoms with Gasteiger partial charge in [0.15, 0.2) is 0 Å². The molecule has 0 heterocycles. The van der Waals surface area contributed by atoms with Crippen LogP contribution in [0.25, 0.3) is 0 Å². The lowest BCUT2D eigenvalue weighted by molar-refractivity contribution is -0.140. The molecule has 0 aliphatic carbocycles. The van der Waals surface area contributed by atoms with Crippen LogP contribution in [-0.2, 0) is 22.6 Å². The highest BCUT2D eigenvalue weighted by molar-refractivity contribution is 5.88. The summed E-state index contributed by atoms with van der Waals surface area (Å²) in [6, 6.07) is 14.3. The number of rotatable bonds is 8. The molecule has 0 aliphatic rings. The van der Waals surface area contributed by atoms with Crippen molar-refractivity contribution in [1.82, 2.24) is 10.2 Å². The molecule has 2 aromatic rings. The van der Waals surface area contributed by atoms with Gasteiger partial charge >= 0.3 is 0 Å². The van der Waals surface area contributed by atoms with Gasteiger partial charge in [-0.25, -0.2) is 0 Å². The van der Waals surface area contributed by atoms with Gasteiger partial charge in [-0.2, -0.15) is 0 Å². The molecule has 1 N–H and O–H groups in total. The summed E-state index contributed by atoms with van der Waals surface area (Å²) in [5.41, 5.74) is 1.37. The number of nitrogens with one attached hydrogen (secondary N) is 1. The first-order valence-corrected chi connectivity index (χ1v) is 10.0. The summed E-state index contributed by atoms with van der Waals surface area (Å²) in [7, 11) is 3.21. The normalized spacial score (nSPS) is 12.1. The summed E-state index contributed by atoms with van der Waals surface area (Å²) in [6.07, 6.45) is 0.196. The Morgan fingerprint density at radius 2 is 1.60 bits per heavy atom. The number of ether oxygens (including phenoxy) is 2. The number of hydrogen-bond donors (Lipinski definition) is 1. The summed E-state index contributed by atoms with van der Waals surface area (Å²) in [6.45, 7) is 7.83. The maximum absolute atomic E-state index is 13.2. The van der Waals surface area contributed by atoms with Crippen LogP contribution in [0, 0.1) is 0 Å². The van der Waals surface area contributed by atoms with Crippen molar-refractivity contribution in [3.8, 4) is 11.5 Å². The highest BCUT2D eigenvalue weighted by Crippen LogP contribution is 2.18. The smallest absolute Gasteiger partial charge is 0.242 e. The van der Waals surface area contributed by atoms with E-state index < -0.39 is 6.04 Å².